The summed E-state index contributed by atoms with van der Waals surface area (Å²) in [6.45, 7) is 0.430. The first-order valence-electron chi connectivity index (χ1n) is 6.52. The topological polar surface area (TPSA) is 72.4 Å². The molecule has 0 spiro atoms. The molecule has 2 unspecified atom stereocenters. The minimum absolute atomic E-state index is 0.102. The Morgan fingerprint density at radius 2 is 2.15 bits per heavy atom. The van der Waals surface area contributed by atoms with Crippen molar-refractivity contribution in [1.82, 2.24) is 0 Å². The van der Waals surface area contributed by atoms with Gasteiger partial charge in [0, 0.05) is 19.2 Å². The molecule has 5 nitrogen and oxygen atoms in total. The van der Waals surface area contributed by atoms with Crippen molar-refractivity contribution >= 4 is 11.4 Å². The Morgan fingerprint density at radius 3 is 2.75 bits per heavy atom. The molecule has 2 N–H and O–H groups in total. The smallest absolute Gasteiger partial charge is 0.295 e. The zero-order valence-electron chi connectivity index (χ0n) is 11.2. The number of hydrogen-bond acceptors (Lipinski definition) is 4. The molecule has 0 amide bonds. The normalized spacial score (nSPS) is 22.0. The first-order chi connectivity index (χ1) is 9.47. The molecule has 20 heavy (non-hydrogen) atoms. The number of nitrogens with zero attached hydrogens (tertiary/aromatic N) is 2. The number of nitro benzene ring substituents is 1. The number of anilines is 1. The van der Waals surface area contributed by atoms with E-state index in [0.29, 0.717) is 6.54 Å². The van der Waals surface area contributed by atoms with Crippen molar-refractivity contribution in [2.75, 3.05) is 18.5 Å². The third kappa shape index (κ3) is 2.45. The van der Waals surface area contributed by atoms with Gasteiger partial charge in [-0.2, -0.15) is 0 Å². The Balaban J connectivity index is 2.45. The average Bonchev–Trinajstić information content (AvgIpc) is 2.88. The van der Waals surface area contributed by atoms with Crippen LogP contribution in [0.2, 0.25) is 0 Å². The van der Waals surface area contributed by atoms with E-state index in [0.717, 1.165) is 31.4 Å². The third-order valence-electron chi connectivity index (χ3n) is 4.02. The van der Waals surface area contributed by atoms with Crippen LogP contribution in [0.3, 0.4) is 0 Å². The third-order valence-corrected chi connectivity index (χ3v) is 4.02. The Morgan fingerprint density at radius 1 is 1.45 bits per heavy atom. The zero-order chi connectivity index (χ0) is 14.9. The van der Waals surface area contributed by atoms with E-state index in [1.165, 1.54) is 4.90 Å². The molecular formula is C13H17F2N3O2. The fourth-order valence-electron chi connectivity index (χ4n) is 2.98. The van der Waals surface area contributed by atoms with E-state index in [4.69, 9.17) is 5.73 Å². The van der Waals surface area contributed by atoms with Gasteiger partial charge in [0.05, 0.1) is 4.92 Å². The summed E-state index contributed by atoms with van der Waals surface area (Å²) in [5.41, 5.74) is 4.96. The second kappa shape index (κ2) is 5.70. The summed E-state index contributed by atoms with van der Waals surface area (Å²) in [5, 5.41) is 11.0. The summed E-state index contributed by atoms with van der Waals surface area (Å²) in [6, 6.07) is 1.67. The second-order valence-electron chi connectivity index (χ2n) is 5.09. The lowest BCUT2D eigenvalue weighted by Gasteiger charge is -2.30. The van der Waals surface area contributed by atoms with Crippen molar-refractivity contribution in [1.29, 1.82) is 0 Å². The van der Waals surface area contributed by atoms with Crippen LogP contribution in [0.4, 0.5) is 20.2 Å². The van der Waals surface area contributed by atoms with Gasteiger partial charge in [-0.3, -0.25) is 10.1 Å². The molecular weight excluding hydrogens is 268 g/mol. The first-order valence-corrected chi connectivity index (χ1v) is 6.52. The van der Waals surface area contributed by atoms with E-state index in [1.807, 2.05) is 0 Å². The zero-order valence-corrected chi connectivity index (χ0v) is 11.2. The number of halogens is 2. The Bertz CT molecular complexity index is 525. The van der Waals surface area contributed by atoms with Crippen LogP contribution in [-0.4, -0.2) is 24.6 Å². The fourth-order valence-corrected chi connectivity index (χ4v) is 2.98. The van der Waals surface area contributed by atoms with E-state index >= 15 is 0 Å². The van der Waals surface area contributed by atoms with Gasteiger partial charge < -0.3 is 10.6 Å². The van der Waals surface area contributed by atoms with E-state index < -0.39 is 22.2 Å². The van der Waals surface area contributed by atoms with Crippen molar-refractivity contribution in [3.8, 4) is 0 Å². The predicted octanol–water partition coefficient (Wildman–Crippen LogP) is 2.44. The molecule has 0 radical (unpaired) electrons. The number of nitrogens with two attached hydrogens (primary N) is 1. The maximum atomic E-state index is 14.0. The highest BCUT2D eigenvalue weighted by Crippen LogP contribution is 2.38. The number of nitro groups is 1. The molecule has 0 heterocycles. The molecule has 1 fully saturated rings. The summed E-state index contributed by atoms with van der Waals surface area (Å²) in [7, 11) is 1.56. The van der Waals surface area contributed by atoms with Crippen LogP contribution < -0.4 is 10.6 Å². The van der Waals surface area contributed by atoms with Crippen LogP contribution >= 0.6 is 0 Å². The summed E-state index contributed by atoms with van der Waals surface area (Å²) in [6.07, 6.45) is 2.60. The van der Waals surface area contributed by atoms with Crippen molar-refractivity contribution < 1.29 is 13.7 Å². The molecule has 1 aromatic carbocycles. The summed E-state index contributed by atoms with van der Waals surface area (Å²) in [5.74, 6) is -2.12. The molecule has 1 aliphatic carbocycles. The lowest BCUT2D eigenvalue weighted by Crippen LogP contribution is -2.38. The van der Waals surface area contributed by atoms with Crippen molar-refractivity contribution in [3.05, 3.63) is 33.9 Å². The van der Waals surface area contributed by atoms with Crippen LogP contribution in [0.1, 0.15) is 19.3 Å². The quantitative estimate of drug-likeness (QED) is 0.681. The van der Waals surface area contributed by atoms with E-state index in [9.17, 15) is 18.9 Å². The molecule has 1 saturated carbocycles. The van der Waals surface area contributed by atoms with Gasteiger partial charge in [-0.15, -0.1) is 0 Å². The SMILES string of the molecule is CN(c1c([N+](=O)[O-])ccc(F)c1F)C1CCCC1CN. The van der Waals surface area contributed by atoms with Gasteiger partial charge in [0.1, 0.15) is 0 Å². The summed E-state index contributed by atoms with van der Waals surface area (Å²) >= 11 is 0. The fraction of sp³-hybridized carbons (Fsp3) is 0.538. The lowest BCUT2D eigenvalue weighted by molar-refractivity contribution is -0.384. The van der Waals surface area contributed by atoms with Gasteiger partial charge in [0.25, 0.3) is 5.69 Å². The van der Waals surface area contributed by atoms with Crippen LogP contribution in [0.5, 0.6) is 0 Å². The standard InChI is InChI=1S/C13H17F2N3O2/c1-17(10-4-2-3-8(10)7-16)13-11(18(19)20)6-5-9(14)12(13)15/h5-6,8,10H,2-4,7,16H2,1H3. The van der Waals surface area contributed by atoms with Crippen LogP contribution in [0.25, 0.3) is 0 Å². The highest BCUT2D eigenvalue weighted by Gasteiger charge is 2.34. The maximum absolute atomic E-state index is 14.0. The minimum Gasteiger partial charge on any atom is -0.363 e. The molecule has 1 aliphatic rings. The minimum atomic E-state index is -1.18. The van der Waals surface area contributed by atoms with Gasteiger partial charge in [-0.25, -0.2) is 8.78 Å². The lowest BCUT2D eigenvalue weighted by atomic mass is 10.0. The van der Waals surface area contributed by atoms with Crippen molar-refractivity contribution in [3.63, 3.8) is 0 Å². The Kier molecular flexibility index (Phi) is 4.17. The largest absolute Gasteiger partial charge is 0.363 e. The highest BCUT2D eigenvalue weighted by atomic mass is 19.2. The van der Waals surface area contributed by atoms with Gasteiger partial charge >= 0.3 is 0 Å². The Labute approximate surface area is 115 Å². The molecule has 2 rings (SSSR count). The molecule has 0 bridgehead atoms. The van der Waals surface area contributed by atoms with Crippen molar-refractivity contribution in [2.24, 2.45) is 11.7 Å². The molecule has 1 aromatic rings. The van der Waals surface area contributed by atoms with E-state index in [1.54, 1.807) is 7.05 Å². The molecule has 0 aromatic heterocycles. The highest BCUT2D eigenvalue weighted by molar-refractivity contribution is 5.64. The maximum Gasteiger partial charge on any atom is 0.295 e. The molecule has 110 valence electrons. The predicted molar refractivity (Wildman–Crippen MR) is 71.6 cm³/mol. The van der Waals surface area contributed by atoms with Crippen molar-refractivity contribution in [2.45, 2.75) is 25.3 Å². The number of rotatable bonds is 4. The van der Waals surface area contributed by atoms with Crippen LogP contribution in [0, 0.1) is 27.7 Å². The first kappa shape index (κ1) is 14.6. The summed E-state index contributed by atoms with van der Waals surface area (Å²) in [4.78, 5) is 11.8. The molecule has 0 aliphatic heterocycles. The van der Waals surface area contributed by atoms with Gasteiger partial charge in [-0.1, -0.05) is 6.42 Å². The Hall–Kier alpha value is -1.76. The molecule has 2 atom stereocenters. The summed E-state index contributed by atoms with van der Waals surface area (Å²) < 4.78 is 27.4. The van der Waals surface area contributed by atoms with Crippen LogP contribution in [-0.2, 0) is 0 Å². The number of benzene rings is 1. The van der Waals surface area contributed by atoms with Crippen LogP contribution in [0.15, 0.2) is 12.1 Å². The average molecular weight is 285 g/mol. The molecule has 7 heteroatoms. The van der Waals surface area contributed by atoms with Gasteiger partial charge in [-0.05, 0) is 31.4 Å². The number of hydrogen-bond donors (Lipinski definition) is 1. The monoisotopic (exact) mass is 285 g/mol. The van der Waals surface area contributed by atoms with E-state index in [-0.39, 0.29) is 17.6 Å². The second-order valence-corrected chi connectivity index (χ2v) is 5.09. The van der Waals surface area contributed by atoms with Gasteiger partial charge in [0.2, 0.25) is 0 Å². The van der Waals surface area contributed by atoms with Gasteiger partial charge in [0.15, 0.2) is 17.3 Å². The molecule has 0 saturated heterocycles. The van der Waals surface area contributed by atoms with E-state index in [2.05, 4.69) is 0 Å².